The summed E-state index contributed by atoms with van der Waals surface area (Å²) in [6.45, 7) is 3.89. The van der Waals surface area contributed by atoms with Crippen molar-refractivity contribution in [1.82, 2.24) is 15.4 Å². The van der Waals surface area contributed by atoms with Gasteiger partial charge >= 0.3 is 0 Å². The molecule has 0 radical (unpaired) electrons. The van der Waals surface area contributed by atoms with Crippen LogP contribution in [0.5, 0.6) is 0 Å². The monoisotopic (exact) mass is 421 g/mol. The zero-order valence-electron chi connectivity index (χ0n) is 18.4. The predicted molar refractivity (Wildman–Crippen MR) is 117 cm³/mol. The Morgan fingerprint density at radius 2 is 1.90 bits per heavy atom. The molecule has 3 aliphatic rings. The fraction of sp³-hybridized carbons (Fsp3) is 0.560. The number of hydrogen-bond donors (Lipinski definition) is 1. The van der Waals surface area contributed by atoms with E-state index < -0.39 is 5.41 Å². The SMILES string of the molecule is CC[C@]1(C(=O)NC2CCCC2)C[C@H]2CC[C@@H]1N2C(=O)c1c(-c2ccccc2)noc1C. The summed E-state index contributed by atoms with van der Waals surface area (Å²) in [5, 5.41) is 7.54. The van der Waals surface area contributed by atoms with Gasteiger partial charge in [-0.2, -0.15) is 0 Å². The third-order valence-corrected chi connectivity index (χ3v) is 7.87. The normalized spacial score (nSPS) is 27.7. The Labute approximate surface area is 183 Å². The van der Waals surface area contributed by atoms with Gasteiger partial charge in [-0.15, -0.1) is 0 Å². The lowest BCUT2D eigenvalue weighted by Gasteiger charge is -2.36. The zero-order chi connectivity index (χ0) is 21.6. The van der Waals surface area contributed by atoms with Gasteiger partial charge in [-0.1, -0.05) is 55.3 Å². The quantitative estimate of drug-likeness (QED) is 0.772. The molecule has 164 valence electrons. The zero-order valence-corrected chi connectivity index (χ0v) is 18.4. The van der Waals surface area contributed by atoms with E-state index in [2.05, 4.69) is 17.4 Å². The van der Waals surface area contributed by atoms with Crippen molar-refractivity contribution in [2.24, 2.45) is 5.41 Å². The number of carbonyl (C=O) groups excluding carboxylic acids is 2. The van der Waals surface area contributed by atoms with Crippen molar-refractivity contribution in [2.75, 3.05) is 0 Å². The Kier molecular flexibility index (Phi) is 5.11. The third-order valence-electron chi connectivity index (χ3n) is 7.87. The Balaban J connectivity index is 1.45. The van der Waals surface area contributed by atoms with E-state index in [0.717, 1.165) is 44.1 Å². The van der Waals surface area contributed by atoms with Crippen molar-refractivity contribution in [3.63, 3.8) is 0 Å². The van der Waals surface area contributed by atoms with Crippen LogP contribution in [0.15, 0.2) is 34.9 Å². The number of fused-ring (bicyclic) bond motifs is 2. The van der Waals surface area contributed by atoms with Crippen LogP contribution in [0.1, 0.15) is 74.4 Å². The van der Waals surface area contributed by atoms with Crippen LogP contribution in [0.2, 0.25) is 0 Å². The number of aryl methyl sites for hydroxylation is 1. The van der Waals surface area contributed by atoms with Crippen LogP contribution in [0, 0.1) is 12.3 Å². The minimum atomic E-state index is -0.487. The number of nitrogens with zero attached hydrogens (tertiary/aromatic N) is 2. The molecule has 2 saturated heterocycles. The minimum absolute atomic E-state index is 0.0471. The van der Waals surface area contributed by atoms with Gasteiger partial charge < -0.3 is 14.7 Å². The average Bonchev–Trinajstić information content (AvgIpc) is 3.57. The van der Waals surface area contributed by atoms with Crippen molar-refractivity contribution < 1.29 is 14.1 Å². The maximum atomic E-state index is 13.8. The van der Waals surface area contributed by atoms with E-state index in [1.807, 2.05) is 35.2 Å². The predicted octanol–water partition coefficient (Wildman–Crippen LogP) is 4.48. The number of hydrogen-bond acceptors (Lipinski definition) is 4. The Bertz CT molecular complexity index is 979. The molecule has 1 aromatic heterocycles. The number of nitrogens with one attached hydrogen (secondary N) is 1. The van der Waals surface area contributed by atoms with Crippen LogP contribution in [0.3, 0.4) is 0 Å². The highest BCUT2D eigenvalue weighted by Crippen LogP contribution is 2.53. The van der Waals surface area contributed by atoms with Gasteiger partial charge in [-0.05, 0) is 45.4 Å². The molecule has 1 aliphatic carbocycles. The van der Waals surface area contributed by atoms with E-state index in [9.17, 15) is 9.59 Å². The lowest BCUT2D eigenvalue weighted by atomic mass is 9.71. The molecule has 2 amide bonds. The van der Waals surface area contributed by atoms with Gasteiger partial charge in [-0.25, -0.2) is 0 Å². The molecule has 3 heterocycles. The first-order valence-electron chi connectivity index (χ1n) is 11.7. The first-order valence-corrected chi connectivity index (χ1v) is 11.7. The molecule has 5 rings (SSSR count). The molecular weight excluding hydrogens is 390 g/mol. The van der Waals surface area contributed by atoms with E-state index in [0.29, 0.717) is 23.1 Å². The van der Waals surface area contributed by atoms with E-state index in [1.165, 1.54) is 12.8 Å². The van der Waals surface area contributed by atoms with Crippen molar-refractivity contribution in [2.45, 2.75) is 83.3 Å². The summed E-state index contributed by atoms with van der Waals surface area (Å²) in [5.41, 5.74) is 1.51. The molecule has 2 aliphatic heterocycles. The van der Waals surface area contributed by atoms with Crippen molar-refractivity contribution in [3.8, 4) is 11.3 Å². The first kappa shape index (κ1) is 20.3. The van der Waals surface area contributed by atoms with E-state index in [-0.39, 0.29) is 23.9 Å². The summed E-state index contributed by atoms with van der Waals surface area (Å²) < 4.78 is 5.46. The molecule has 1 aromatic carbocycles. The molecule has 2 aromatic rings. The van der Waals surface area contributed by atoms with E-state index in [4.69, 9.17) is 4.52 Å². The Morgan fingerprint density at radius 1 is 1.16 bits per heavy atom. The molecule has 1 N–H and O–H groups in total. The second kappa shape index (κ2) is 7.81. The van der Waals surface area contributed by atoms with E-state index >= 15 is 0 Å². The second-order valence-electron chi connectivity index (χ2n) is 9.46. The number of benzene rings is 1. The van der Waals surface area contributed by atoms with Gasteiger partial charge in [0.25, 0.3) is 5.91 Å². The van der Waals surface area contributed by atoms with Gasteiger partial charge in [0.1, 0.15) is 17.0 Å². The van der Waals surface area contributed by atoms with Gasteiger partial charge in [0, 0.05) is 23.7 Å². The maximum Gasteiger partial charge on any atom is 0.260 e. The average molecular weight is 422 g/mol. The summed E-state index contributed by atoms with van der Waals surface area (Å²) in [6, 6.07) is 10.0. The molecule has 1 saturated carbocycles. The van der Waals surface area contributed by atoms with Crippen LogP contribution < -0.4 is 5.32 Å². The van der Waals surface area contributed by atoms with Crippen LogP contribution in [-0.2, 0) is 4.79 Å². The molecular formula is C25H31N3O3. The highest BCUT2D eigenvalue weighted by atomic mass is 16.5. The van der Waals surface area contributed by atoms with Gasteiger partial charge in [-0.3, -0.25) is 9.59 Å². The minimum Gasteiger partial charge on any atom is -0.360 e. The largest absolute Gasteiger partial charge is 0.360 e. The summed E-state index contributed by atoms with van der Waals surface area (Å²) in [6.07, 6.45) is 7.87. The maximum absolute atomic E-state index is 13.8. The second-order valence-corrected chi connectivity index (χ2v) is 9.46. The van der Waals surface area contributed by atoms with Crippen LogP contribution in [0.25, 0.3) is 11.3 Å². The van der Waals surface area contributed by atoms with Crippen molar-refractivity contribution in [3.05, 3.63) is 41.7 Å². The number of amides is 2. The molecule has 6 heteroatoms. The van der Waals surface area contributed by atoms with Gasteiger partial charge in [0.15, 0.2) is 0 Å². The summed E-state index contributed by atoms with van der Waals surface area (Å²) in [4.78, 5) is 29.3. The van der Waals surface area contributed by atoms with Crippen molar-refractivity contribution >= 4 is 11.8 Å². The molecule has 0 unspecified atom stereocenters. The standard InChI is InChI=1S/C25H31N3O3/c1-3-25(24(30)26-18-11-7-8-12-18)15-19-13-14-20(25)28(19)23(29)21-16(2)31-27-22(21)17-9-5-4-6-10-17/h4-6,9-10,18-20H,3,7-8,11-15H2,1-2H3,(H,26,30)/t19-,20+,25+/m1/s1. The molecule has 3 atom stereocenters. The number of carbonyl (C=O) groups is 2. The number of rotatable bonds is 5. The molecule has 0 spiro atoms. The Hall–Kier alpha value is -2.63. The summed E-state index contributed by atoms with van der Waals surface area (Å²) in [7, 11) is 0. The van der Waals surface area contributed by atoms with Crippen LogP contribution >= 0.6 is 0 Å². The highest BCUT2D eigenvalue weighted by molar-refractivity contribution is 6.02. The summed E-state index contributed by atoms with van der Waals surface area (Å²) in [5.74, 6) is 0.638. The third kappa shape index (κ3) is 3.19. The summed E-state index contributed by atoms with van der Waals surface area (Å²) >= 11 is 0. The molecule has 6 nitrogen and oxygen atoms in total. The fourth-order valence-corrected chi connectivity index (χ4v) is 6.22. The first-order chi connectivity index (χ1) is 15.0. The smallest absolute Gasteiger partial charge is 0.260 e. The van der Waals surface area contributed by atoms with E-state index in [1.54, 1.807) is 6.92 Å². The molecule has 31 heavy (non-hydrogen) atoms. The lowest BCUT2D eigenvalue weighted by Crippen LogP contribution is -2.51. The Morgan fingerprint density at radius 3 is 2.61 bits per heavy atom. The fourth-order valence-electron chi connectivity index (χ4n) is 6.22. The highest BCUT2D eigenvalue weighted by Gasteiger charge is 2.60. The molecule has 3 fully saturated rings. The van der Waals surface area contributed by atoms with Crippen molar-refractivity contribution in [1.29, 1.82) is 0 Å². The molecule has 2 bridgehead atoms. The van der Waals surface area contributed by atoms with Gasteiger partial charge in [0.05, 0.1) is 5.41 Å². The topological polar surface area (TPSA) is 75.4 Å². The van der Waals surface area contributed by atoms with Gasteiger partial charge in [0.2, 0.25) is 5.91 Å². The van der Waals surface area contributed by atoms with Crippen LogP contribution in [0.4, 0.5) is 0 Å². The lowest BCUT2D eigenvalue weighted by molar-refractivity contribution is -0.133. The number of aromatic nitrogens is 1. The van der Waals surface area contributed by atoms with Crippen LogP contribution in [-0.4, -0.2) is 40.0 Å².